The highest BCUT2D eigenvalue weighted by molar-refractivity contribution is 7.99. The summed E-state index contributed by atoms with van der Waals surface area (Å²) < 4.78 is 8.16. The highest BCUT2D eigenvalue weighted by atomic mass is 32.2. The maximum Gasteiger partial charge on any atom is 0.191 e. The van der Waals surface area contributed by atoms with E-state index in [0.717, 1.165) is 30.4 Å². The fraction of sp³-hybridized carbons (Fsp3) is 0.846. The predicted molar refractivity (Wildman–Crippen MR) is 83.0 cm³/mol. The first-order valence-electron chi connectivity index (χ1n) is 7.19. The Bertz CT molecular complexity index is 454. The van der Waals surface area contributed by atoms with Crippen LogP contribution in [0.2, 0.25) is 0 Å². The zero-order valence-electron chi connectivity index (χ0n) is 11.9. The van der Waals surface area contributed by atoms with Gasteiger partial charge in [-0.1, -0.05) is 11.8 Å². The molecule has 0 radical (unpaired) electrons. The van der Waals surface area contributed by atoms with Gasteiger partial charge < -0.3 is 15.0 Å². The van der Waals surface area contributed by atoms with Gasteiger partial charge in [-0.05, 0) is 37.2 Å². The molecule has 0 aromatic carbocycles. The molecule has 1 aromatic rings. The molecule has 1 unspecified atom stereocenters. The van der Waals surface area contributed by atoms with E-state index in [-0.39, 0.29) is 5.60 Å². The Morgan fingerprint density at radius 1 is 1.45 bits per heavy atom. The maximum atomic E-state index is 6.14. The third kappa shape index (κ3) is 3.00. The topological polar surface area (TPSA) is 66.0 Å². The Morgan fingerprint density at radius 2 is 2.25 bits per heavy atom. The second-order valence-corrected chi connectivity index (χ2v) is 8.03. The summed E-state index contributed by atoms with van der Waals surface area (Å²) in [6.45, 7) is 1.32. The lowest BCUT2D eigenvalue weighted by molar-refractivity contribution is -0.0805. The van der Waals surface area contributed by atoms with Gasteiger partial charge in [0.2, 0.25) is 0 Å². The average Bonchev–Trinajstić information content (AvgIpc) is 2.80. The largest absolute Gasteiger partial charge is 0.375 e. The Kier molecular flexibility index (Phi) is 4.59. The Hall–Kier alpha value is -0.240. The molecule has 1 spiro atoms. The van der Waals surface area contributed by atoms with Crippen molar-refractivity contribution in [3.8, 4) is 0 Å². The van der Waals surface area contributed by atoms with Gasteiger partial charge in [0.05, 0.1) is 12.1 Å². The standard InChI is InChI=1S/C13H22N4OS2/c1-17-11(9-14)15-16-12(17)20-10-2-5-18-13(8-10)3-6-19-7-4-13/h10H,2-9,14H2,1H3. The van der Waals surface area contributed by atoms with E-state index in [1.807, 2.05) is 35.1 Å². The summed E-state index contributed by atoms with van der Waals surface area (Å²) in [6, 6.07) is 0. The summed E-state index contributed by atoms with van der Waals surface area (Å²) in [4.78, 5) is 0. The van der Waals surface area contributed by atoms with Crippen LogP contribution in [0.3, 0.4) is 0 Å². The van der Waals surface area contributed by atoms with Crippen LogP contribution in [-0.4, -0.2) is 43.7 Å². The minimum atomic E-state index is 0.135. The Labute approximate surface area is 128 Å². The SMILES string of the molecule is Cn1c(CN)nnc1SC1CCOC2(CCSCC2)C1. The zero-order valence-corrected chi connectivity index (χ0v) is 13.5. The molecule has 0 saturated carbocycles. The molecule has 2 aliphatic heterocycles. The van der Waals surface area contributed by atoms with Gasteiger partial charge in [-0.3, -0.25) is 0 Å². The van der Waals surface area contributed by atoms with Crippen molar-refractivity contribution < 1.29 is 4.74 Å². The number of hydrogen-bond acceptors (Lipinski definition) is 6. The molecule has 7 heteroatoms. The van der Waals surface area contributed by atoms with Gasteiger partial charge in [0.25, 0.3) is 0 Å². The lowest BCUT2D eigenvalue weighted by atomic mass is 9.88. The molecule has 3 rings (SSSR count). The second-order valence-electron chi connectivity index (χ2n) is 5.54. The summed E-state index contributed by atoms with van der Waals surface area (Å²) in [5.41, 5.74) is 5.79. The number of hydrogen-bond donors (Lipinski definition) is 1. The zero-order chi connectivity index (χ0) is 14.0. The molecule has 2 saturated heterocycles. The number of aromatic nitrogens is 3. The monoisotopic (exact) mass is 314 g/mol. The summed E-state index contributed by atoms with van der Waals surface area (Å²) >= 11 is 3.89. The number of thioether (sulfide) groups is 2. The van der Waals surface area contributed by atoms with Gasteiger partial charge in [0.1, 0.15) is 5.82 Å². The van der Waals surface area contributed by atoms with E-state index in [1.165, 1.54) is 24.3 Å². The van der Waals surface area contributed by atoms with Crippen LogP contribution in [0.4, 0.5) is 0 Å². The predicted octanol–water partition coefficient (Wildman–Crippen LogP) is 1.81. The molecule has 3 heterocycles. The van der Waals surface area contributed by atoms with Gasteiger partial charge >= 0.3 is 0 Å². The maximum absolute atomic E-state index is 6.14. The van der Waals surface area contributed by atoms with E-state index in [4.69, 9.17) is 10.5 Å². The fourth-order valence-corrected chi connectivity index (χ4v) is 5.44. The second kappa shape index (κ2) is 6.25. The highest BCUT2D eigenvalue weighted by Gasteiger charge is 2.39. The van der Waals surface area contributed by atoms with E-state index >= 15 is 0 Å². The van der Waals surface area contributed by atoms with Crippen LogP contribution in [0.5, 0.6) is 0 Å². The minimum absolute atomic E-state index is 0.135. The summed E-state index contributed by atoms with van der Waals surface area (Å²) in [5, 5.41) is 9.97. The van der Waals surface area contributed by atoms with Gasteiger partial charge in [-0.25, -0.2) is 0 Å². The van der Waals surface area contributed by atoms with Crippen molar-refractivity contribution in [1.29, 1.82) is 0 Å². The first-order chi connectivity index (χ1) is 9.72. The molecule has 2 aliphatic rings. The summed E-state index contributed by atoms with van der Waals surface area (Å²) in [5.74, 6) is 3.32. The van der Waals surface area contributed by atoms with E-state index in [9.17, 15) is 0 Å². The van der Waals surface area contributed by atoms with Crippen molar-refractivity contribution in [2.45, 2.75) is 48.2 Å². The summed E-state index contributed by atoms with van der Waals surface area (Å²) in [6.07, 6.45) is 4.64. The number of nitrogens with two attached hydrogens (primary N) is 1. The third-order valence-corrected chi connectivity index (χ3v) is 6.52. The van der Waals surface area contributed by atoms with Crippen molar-refractivity contribution in [2.24, 2.45) is 12.8 Å². The van der Waals surface area contributed by atoms with E-state index in [1.54, 1.807) is 0 Å². The first-order valence-corrected chi connectivity index (χ1v) is 9.22. The van der Waals surface area contributed by atoms with Crippen molar-refractivity contribution in [3.05, 3.63) is 5.82 Å². The molecule has 1 atom stereocenters. The molecule has 2 fully saturated rings. The van der Waals surface area contributed by atoms with Crippen LogP contribution >= 0.6 is 23.5 Å². The molecule has 112 valence electrons. The highest BCUT2D eigenvalue weighted by Crippen LogP contribution is 2.42. The van der Waals surface area contributed by atoms with E-state index in [2.05, 4.69) is 10.2 Å². The number of ether oxygens (including phenoxy) is 1. The molecule has 20 heavy (non-hydrogen) atoms. The van der Waals surface area contributed by atoms with E-state index < -0.39 is 0 Å². The molecule has 1 aromatic heterocycles. The van der Waals surface area contributed by atoms with Crippen molar-refractivity contribution >= 4 is 23.5 Å². The van der Waals surface area contributed by atoms with Crippen LogP contribution in [0.15, 0.2) is 5.16 Å². The third-order valence-electron chi connectivity index (χ3n) is 4.23. The molecular weight excluding hydrogens is 292 g/mol. The molecule has 0 bridgehead atoms. The average molecular weight is 314 g/mol. The smallest absolute Gasteiger partial charge is 0.191 e. The van der Waals surface area contributed by atoms with Crippen LogP contribution in [0, 0.1) is 0 Å². The Balaban J connectivity index is 1.66. The van der Waals surface area contributed by atoms with Crippen molar-refractivity contribution in [2.75, 3.05) is 18.1 Å². The minimum Gasteiger partial charge on any atom is -0.375 e. The van der Waals surface area contributed by atoms with Gasteiger partial charge in [0.15, 0.2) is 5.16 Å². The number of rotatable bonds is 3. The van der Waals surface area contributed by atoms with Gasteiger partial charge in [0, 0.05) is 18.9 Å². The molecule has 5 nitrogen and oxygen atoms in total. The molecular formula is C13H22N4OS2. The van der Waals surface area contributed by atoms with Crippen LogP contribution in [-0.2, 0) is 18.3 Å². The normalized spacial score (nSPS) is 26.0. The first kappa shape index (κ1) is 14.7. The van der Waals surface area contributed by atoms with Crippen LogP contribution < -0.4 is 5.73 Å². The lowest BCUT2D eigenvalue weighted by Crippen LogP contribution is -2.43. The van der Waals surface area contributed by atoms with Gasteiger partial charge in [-0.15, -0.1) is 10.2 Å². The Morgan fingerprint density at radius 3 is 2.95 bits per heavy atom. The van der Waals surface area contributed by atoms with Crippen LogP contribution in [0.1, 0.15) is 31.5 Å². The van der Waals surface area contributed by atoms with Crippen LogP contribution in [0.25, 0.3) is 0 Å². The van der Waals surface area contributed by atoms with E-state index in [0.29, 0.717) is 11.8 Å². The van der Waals surface area contributed by atoms with Crippen molar-refractivity contribution in [1.82, 2.24) is 14.8 Å². The lowest BCUT2D eigenvalue weighted by Gasteiger charge is -2.43. The molecule has 0 amide bonds. The van der Waals surface area contributed by atoms with Gasteiger partial charge in [-0.2, -0.15) is 11.8 Å². The molecule has 0 aliphatic carbocycles. The summed E-state index contributed by atoms with van der Waals surface area (Å²) in [7, 11) is 2.00. The quantitative estimate of drug-likeness (QED) is 0.918. The molecule has 2 N–H and O–H groups in total. The van der Waals surface area contributed by atoms with Crippen molar-refractivity contribution in [3.63, 3.8) is 0 Å². The fourth-order valence-electron chi connectivity index (χ4n) is 2.95. The number of nitrogens with zero attached hydrogens (tertiary/aromatic N) is 3.